The van der Waals surface area contributed by atoms with Crippen LogP contribution in [0, 0.1) is 0 Å². The van der Waals surface area contributed by atoms with Gasteiger partial charge in [-0.1, -0.05) is 81.8 Å². The van der Waals surface area contributed by atoms with Crippen molar-refractivity contribution in [2.45, 2.75) is 57.9 Å². The minimum absolute atomic E-state index is 0.219. The molecule has 0 aliphatic carbocycles. The zero-order chi connectivity index (χ0) is 17.7. The Kier molecular flexibility index (Phi) is 8.60. The maximum atomic E-state index is 12.6. The molecular formula is C22H29NO2. The van der Waals surface area contributed by atoms with E-state index >= 15 is 0 Å². The summed E-state index contributed by atoms with van der Waals surface area (Å²) in [5.74, 6) is 0.374. The molecule has 3 heteroatoms. The van der Waals surface area contributed by atoms with Crippen LogP contribution in [0.3, 0.4) is 0 Å². The Morgan fingerprint density at radius 3 is 2.16 bits per heavy atom. The first kappa shape index (κ1) is 19.0. The lowest BCUT2D eigenvalue weighted by atomic mass is 10.1. The highest BCUT2D eigenvalue weighted by Gasteiger charge is 2.20. The maximum absolute atomic E-state index is 12.6. The van der Waals surface area contributed by atoms with Gasteiger partial charge in [-0.2, -0.15) is 0 Å². The lowest BCUT2D eigenvalue weighted by Gasteiger charge is -2.18. The first-order chi connectivity index (χ1) is 12.3. The number of benzene rings is 2. The van der Waals surface area contributed by atoms with Gasteiger partial charge in [-0.05, 0) is 30.7 Å². The number of unbranched alkanes of at least 4 members (excludes halogenated alkanes) is 5. The average molecular weight is 339 g/mol. The fraction of sp³-hybridized carbons (Fsp3) is 0.409. The van der Waals surface area contributed by atoms with Crippen LogP contribution < -0.4 is 10.1 Å². The zero-order valence-electron chi connectivity index (χ0n) is 15.1. The SMILES string of the molecule is CCCCCCCCC(Nc1ccccc1)C(=O)Oc1ccccc1. The molecule has 1 unspecified atom stereocenters. The fourth-order valence-corrected chi connectivity index (χ4v) is 2.79. The molecule has 0 bridgehead atoms. The van der Waals surface area contributed by atoms with Crippen LogP contribution in [-0.4, -0.2) is 12.0 Å². The summed E-state index contributed by atoms with van der Waals surface area (Å²) in [4.78, 5) is 12.6. The Morgan fingerprint density at radius 2 is 1.48 bits per heavy atom. The fourth-order valence-electron chi connectivity index (χ4n) is 2.79. The lowest BCUT2D eigenvalue weighted by Crippen LogP contribution is -2.33. The summed E-state index contributed by atoms with van der Waals surface area (Å²) in [7, 11) is 0. The van der Waals surface area contributed by atoms with Crippen LogP contribution in [0.1, 0.15) is 51.9 Å². The van der Waals surface area contributed by atoms with Gasteiger partial charge in [-0.15, -0.1) is 0 Å². The molecule has 3 nitrogen and oxygen atoms in total. The second kappa shape index (κ2) is 11.3. The maximum Gasteiger partial charge on any atom is 0.333 e. The summed E-state index contributed by atoms with van der Waals surface area (Å²) in [6, 6.07) is 18.8. The van der Waals surface area contributed by atoms with Crippen molar-refractivity contribution in [3.05, 3.63) is 60.7 Å². The van der Waals surface area contributed by atoms with E-state index in [1.165, 1.54) is 25.7 Å². The van der Waals surface area contributed by atoms with E-state index in [0.29, 0.717) is 5.75 Å². The molecule has 134 valence electrons. The van der Waals surface area contributed by atoms with Crippen molar-refractivity contribution in [3.8, 4) is 5.75 Å². The van der Waals surface area contributed by atoms with Crippen molar-refractivity contribution >= 4 is 11.7 Å². The van der Waals surface area contributed by atoms with Crippen molar-refractivity contribution < 1.29 is 9.53 Å². The number of para-hydroxylation sites is 2. The first-order valence-corrected chi connectivity index (χ1v) is 9.38. The predicted octanol–water partition coefficient (Wildman–Crippen LogP) is 5.82. The standard InChI is InChI=1S/C22H29NO2/c1-2-3-4-5-6-13-18-21(23-19-14-9-7-10-15-19)22(24)25-20-16-11-8-12-17-20/h7-12,14-17,21,23H,2-6,13,18H2,1H3. The van der Waals surface area contributed by atoms with Crippen LogP contribution in [0.25, 0.3) is 0 Å². The molecule has 0 saturated heterocycles. The molecule has 2 rings (SSSR count). The van der Waals surface area contributed by atoms with E-state index in [0.717, 1.165) is 24.9 Å². The van der Waals surface area contributed by atoms with E-state index in [4.69, 9.17) is 4.74 Å². The molecule has 25 heavy (non-hydrogen) atoms. The van der Waals surface area contributed by atoms with Crippen molar-refractivity contribution in [1.82, 2.24) is 0 Å². The lowest BCUT2D eigenvalue weighted by molar-refractivity contribution is -0.135. The molecule has 0 spiro atoms. The molecule has 2 aromatic carbocycles. The van der Waals surface area contributed by atoms with E-state index in [-0.39, 0.29) is 12.0 Å². The topological polar surface area (TPSA) is 38.3 Å². The smallest absolute Gasteiger partial charge is 0.333 e. The quantitative estimate of drug-likeness (QED) is 0.318. The Morgan fingerprint density at radius 1 is 0.880 bits per heavy atom. The number of ether oxygens (including phenoxy) is 1. The summed E-state index contributed by atoms with van der Waals surface area (Å²) in [6.45, 7) is 2.22. The molecule has 0 aromatic heterocycles. The van der Waals surface area contributed by atoms with Gasteiger partial charge in [-0.25, -0.2) is 4.79 Å². The van der Waals surface area contributed by atoms with Gasteiger partial charge >= 0.3 is 5.97 Å². The van der Waals surface area contributed by atoms with Gasteiger partial charge in [0.15, 0.2) is 0 Å². The number of hydrogen-bond acceptors (Lipinski definition) is 3. The van der Waals surface area contributed by atoms with Crippen molar-refractivity contribution in [2.75, 3.05) is 5.32 Å². The molecule has 0 aliphatic heterocycles. The minimum Gasteiger partial charge on any atom is -0.425 e. The van der Waals surface area contributed by atoms with E-state index in [2.05, 4.69) is 12.2 Å². The van der Waals surface area contributed by atoms with Gasteiger partial charge in [0, 0.05) is 5.69 Å². The van der Waals surface area contributed by atoms with Crippen LogP contribution >= 0.6 is 0 Å². The molecule has 0 saturated carbocycles. The highest BCUT2D eigenvalue weighted by Crippen LogP contribution is 2.16. The van der Waals surface area contributed by atoms with Gasteiger partial charge in [0.2, 0.25) is 0 Å². The van der Waals surface area contributed by atoms with E-state index in [1.54, 1.807) is 0 Å². The second-order valence-electron chi connectivity index (χ2n) is 6.35. The number of esters is 1. The second-order valence-corrected chi connectivity index (χ2v) is 6.35. The first-order valence-electron chi connectivity index (χ1n) is 9.38. The third kappa shape index (κ3) is 7.42. The summed E-state index contributed by atoms with van der Waals surface area (Å²) < 4.78 is 5.54. The Labute approximate surface area is 151 Å². The van der Waals surface area contributed by atoms with Gasteiger partial charge < -0.3 is 10.1 Å². The van der Waals surface area contributed by atoms with E-state index in [9.17, 15) is 4.79 Å². The van der Waals surface area contributed by atoms with Crippen LogP contribution in [0.2, 0.25) is 0 Å². The van der Waals surface area contributed by atoms with E-state index in [1.807, 2.05) is 60.7 Å². The average Bonchev–Trinajstić information content (AvgIpc) is 2.65. The number of carbonyl (C=O) groups excluding carboxylic acids is 1. The molecule has 0 heterocycles. The Balaban J connectivity index is 1.90. The number of anilines is 1. The Bertz CT molecular complexity index is 598. The molecule has 0 radical (unpaired) electrons. The molecule has 0 fully saturated rings. The number of nitrogens with one attached hydrogen (secondary N) is 1. The van der Waals surface area contributed by atoms with Gasteiger partial charge in [0.25, 0.3) is 0 Å². The van der Waals surface area contributed by atoms with Crippen LogP contribution in [0.5, 0.6) is 5.75 Å². The highest BCUT2D eigenvalue weighted by atomic mass is 16.5. The van der Waals surface area contributed by atoms with Crippen LogP contribution in [0.4, 0.5) is 5.69 Å². The van der Waals surface area contributed by atoms with Gasteiger partial charge in [-0.3, -0.25) is 0 Å². The van der Waals surface area contributed by atoms with Gasteiger partial charge in [0.05, 0.1) is 0 Å². The van der Waals surface area contributed by atoms with Crippen LogP contribution in [0.15, 0.2) is 60.7 Å². The van der Waals surface area contributed by atoms with Crippen molar-refractivity contribution in [3.63, 3.8) is 0 Å². The molecule has 0 aliphatic rings. The third-order valence-corrected chi connectivity index (χ3v) is 4.21. The molecule has 0 amide bonds. The van der Waals surface area contributed by atoms with Crippen molar-refractivity contribution in [2.24, 2.45) is 0 Å². The van der Waals surface area contributed by atoms with E-state index < -0.39 is 0 Å². The summed E-state index contributed by atoms with van der Waals surface area (Å²) >= 11 is 0. The number of carbonyl (C=O) groups is 1. The molecule has 2 aromatic rings. The summed E-state index contributed by atoms with van der Waals surface area (Å²) in [5, 5.41) is 3.33. The zero-order valence-corrected chi connectivity index (χ0v) is 15.1. The Hall–Kier alpha value is -2.29. The highest BCUT2D eigenvalue weighted by molar-refractivity contribution is 5.81. The normalized spacial score (nSPS) is 11.7. The van der Waals surface area contributed by atoms with Gasteiger partial charge in [0.1, 0.15) is 11.8 Å². The minimum atomic E-state index is -0.325. The third-order valence-electron chi connectivity index (χ3n) is 4.21. The molecular weight excluding hydrogens is 310 g/mol. The van der Waals surface area contributed by atoms with Crippen LogP contribution in [-0.2, 0) is 4.79 Å². The molecule has 1 N–H and O–H groups in total. The summed E-state index contributed by atoms with van der Waals surface area (Å²) in [6.07, 6.45) is 8.03. The summed E-state index contributed by atoms with van der Waals surface area (Å²) in [5.41, 5.74) is 0.948. The predicted molar refractivity (Wildman–Crippen MR) is 104 cm³/mol. The number of rotatable bonds is 11. The largest absolute Gasteiger partial charge is 0.425 e. The number of hydrogen-bond donors (Lipinski definition) is 1. The monoisotopic (exact) mass is 339 g/mol. The molecule has 1 atom stereocenters. The van der Waals surface area contributed by atoms with Crippen molar-refractivity contribution in [1.29, 1.82) is 0 Å².